The molecular formula is C14H17ClN2S. The Hall–Kier alpha value is -0.850. The summed E-state index contributed by atoms with van der Waals surface area (Å²) in [5.74, 6) is 1.91. The van der Waals surface area contributed by atoms with Gasteiger partial charge in [0, 0.05) is 11.2 Å². The van der Waals surface area contributed by atoms with E-state index in [2.05, 4.69) is 25.2 Å². The molecule has 1 heterocycles. The summed E-state index contributed by atoms with van der Waals surface area (Å²) in [5.41, 5.74) is 0.226. The molecule has 1 aliphatic rings. The molecule has 96 valence electrons. The number of rotatable bonds is 2. The number of hydrogen-bond acceptors (Lipinski definition) is 3. The monoisotopic (exact) mass is 280 g/mol. The molecule has 1 N–H and O–H groups in total. The van der Waals surface area contributed by atoms with E-state index in [-0.39, 0.29) is 5.41 Å². The van der Waals surface area contributed by atoms with Crippen molar-refractivity contribution >= 4 is 29.1 Å². The molecule has 1 atom stereocenters. The third kappa shape index (κ3) is 2.32. The van der Waals surface area contributed by atoms with Crippen LogP contribution in [0.4, 0.5) is 5.69 Å². The van der Waals surface area contributed by atoms with E-state index in [9.17, 15) is 5.26 Å². The molecule has 1 saturated heterocycles. The van der Waals surface area contributed by atoms with Gasteiger partial charge in [0.1, 0.15) is 5.54 Å². The lowest BCUT2D eigenvalue weighted by Gasteiger charge is -2.46. The lowest BCUT2D eigenvalue weighted by molar-refractivity contribution is 0.248. The Balaban J connectivity index is 2.34. The number of para-hydroxylation sites is 1. The van der Waals surface area contributed by atoms with Crippen LogP contribution in [0.5, 0.6) is 0 Å². The molecule has 0 amide bonds. The largest absolute Gasteiger partial charge is 0.365 e. The minimum Gasteiger partial charge on any atom is -0.365 e. The zero-order valence-electron chi connectivity index (χ0n) is 10.7. The van der Waals surface area contributed by atoms with Gasteiger partial charge >= 0.3 is 0 Å². The lowest BCUT2D eigenvalue weighted by atomic mass is 9.71. The van der Waals surface area contributed by atoms with Gasteiger partial charge in [-0.05, 0) is 24.3 Å². The second kappa shape index (κ2) is 5.03. The third-order valence-electron chi connectivity index (χ3n) is 3.76. The molecule has 0 aromatic heterocycles. The highest BCUT2D eigenvalue weighted by atomic mass is 35.5. The number of halogens is 1. The molecular weight excluding hydrogens is 264 g/mol. The number of hydrogen-bond donors (Lipinski definition) is 1. The maximum Gasteiger partial charge on any atom is 0.139 e. The van der Waals surface area contributed by atoms with Gasteiger partial charge in [-0.3, -0.25) is 0 Å². The highest BCUT2D eigenvalue weighted by molar-refractivity contribution is 7.99. The van der Waals surface area contributed by atoms with Crippen LogP contribution in [-0.4, -0.2) is 17.0 Å². The quantitative estimate of drug-likeness (QED) is 0.883. The van der Waals surface area contributed by atoms with Crippen molar-refractivity contribution in [3.63, 3.8) is 0 Å². The summed E-state index contributed by atoms with van der Waals surface area (Å²) in [7, 11) is 0. The second-order valence-electron chi connectivity index (χ2n) is 5.31. The van der Waals surface area contributed by atoms with Gasteiger partial charge in [-0.1, -0.05) is 37.6 Å². The molecule has 0 aliphatic carbocycles. The summed E-state index contributed by atoms with van der Waals surface area (Å²) in [6.45, 7) is 4.31. The predicted octanol–water partition coefficient (Wildman–Crippen LogP) is 4.18. The van der Waals surface area contributed by atoms with Crippen molar-refractivity contribution in [1.82, 2.24) is 0 Å². The van der Waals surface area contributed by atoms with E-state index in [1.54, 1.807) is 0 Å². The van der Waals surface area contributed by atoms with Crippen LogP contribution in [0.1, 0.15) is 20.3 Å². The Morgan fingerprint density at radius 3 is 2.72 bits per heavy atom. The van der Waals surface area contributed by atoms with E-state index in [1.165, 1.54) is 0 Å². The first-order chi connectivity index (χ1) is 8.51. The smallest absolute Gasteiger partial charge is 0.139 e. The minimum atomic E-state index is -0.555. The van der Waals surface area contributed by atoms with Crippen molar-refractivity contribution in [3.05, 3.63) is 29.3 Å². The first kappa shape index (κ1) is 13.6. The van der Waals surface area contributed by atoms with E-state index in [0.717, 1.165) is 23.6 Å². The minimum absolute atomic E-state index is 0.0633. The fourth-order valence-electron chi connectivity index (χ4n) is 2.17. The van der Waals surface area contributed by atoms with Crippen molar-refractivity contribution < 1.29 is 0 Å². The topological polar surface area (TPSA) is 35.8 Å². The first-order valence-electron chi connectivity index (χ1n) is 6.02. The Labute approximate surface area is 118 Å². The van der Waals surface area contributed by atoms with Crippen molar-refractivity contribution in [2.75, 3.05) is 16.8 Å². The molecule has 2 rings (SSSR count). The molecule has 1 aromatic carbocycles. The maximum atomic E-state index is 9.66. The average Bonchev–Trinajstić information content (AvgIpc) is 2.34. The van der Waals surface area contributed by atoms with Crippen LogP contribution >= 0.6 is 23.4 Å². The average molecular weight is 281 g/mol. The third-order valence-corrected chi connectivity index (χ3v) is 5.22. The Morgan fingerprint density at radius 1 is 1.39 bits per heavy atom. The van der Waals surface area contributed by atoms with Gasteiger partial charge in [0.05, 0.1) is 16.8 Å². The molecule has 4 heteroatoms. The van der Waals surface area contributed by atoms with E-state index in [0.29, 0.717) is 5.02 Å². The zero-order chi connectivity index (χ0) is 13.2. The van der Waals surface area contributed by atoms with E-state index in [1.807, 2.05) is 36.0 Å². The van der Waals surface area contributed by atoms with Gasteiger partial charge in [0.2, 0.25) is 0 Å². The summed E-state index contributed by atoms with van der Waals surface area (Å²) in [4.78, 5) is 0. The number of nitrogens with zero attached hydrogens (tertiary/aromatic N) is 1. The standard InChI is InChI=1S/C14H17ClN2S/c1-13(2)7-8-18-10-14(13,9-16)17-12-6-4-3-5-11(12)15/h3-6,17H,7-8,10H2,1-2H3. The summed E-state index contributed by atoms with van der Waals surface area (Å²) >= 11 is 8.00. The molecule has 0 bridgehead atoms. The van der Waals surface area contributed by atoms with E-state index >= 15 is 0 Å². The van der Waals surface area contributed by atoms with Crippen molar-refractivity contribution in [2.45, 2.75) is 25.8 Å². The van der Waals surface area contributed by atoms with Gasteiger partial charge in [-0.2, -0.15) is 17.0 Å². The summed E-state index contributed by atoms with van der Waals surface area (Å²) < 4.78 is 0. The molecule has 1 fully saturated rings. The van der Waals surface area contributed by atoms with Crippen molar-refractivity contribution in [1.29, 1.82) is 5.26 Å². The molecule has 18 heavy (non-hydrogen) atoms. The predicted molar refractivity (Wildman–Crippen MR) is 79.1 cm³/mol. The normalized spacial score (nSPS) is 26.3. The Kier molecular flexibility index (Phi) is 3.79. The molecule has 2 nitrogen and oxygen atoms in total. The Bertz CT molecular complexity index is 481. The fraction of sp³-hybridized carbons (Fsp3) is 0.500. The number of nitriles is 1. The van der Waals surface area contributed by atoms with E-state index in [4.69, 9.17) is 11.6 Å². The van der Waals surface area contributed by atoms with E-state index < -0.39 is 5.54 Å². The van der Waals surface area contributed by atoms with Crippen LogP contribution < -0.4 is 5.32 Å². The van der Waals surface area contributed by atoms with Gasteiger partial charge in [0.25, 0.3) is 0 Å². The van der Waals surface area contributed by atoms with Crippen LogP contribution in [0.2, 0.25) is 5.02 Å². The number of anilines is 1. The van der Waals surface area contributed by atoms with Crippen LogP contribution in [0.3, 0.4) is 0 Å². The molecule has 1 aliphatic heterocycles. The van der Waals surface area contributed by atoms with Crippen molar-refractivity contribution in [2.24, 2.45) is 5.41 Å². The van der Waals surface area contributed by atoms with Crippen molar-refractivity contribution in [3.8, 4) is 6.07 Å². The highest BCUT2D eigenvalue weighted by Gasteiger charge is 2.47. The van der Waals surface area contributed by atoms with Crippen LogP contribution in [0, 0.1) is 16.7 Å². The summed E-state index contributed by atoms with van der Waals surface area (Å²) in [6.07, 6.45) is 1.03. The molecule has 0 spiro atoms. The lowest BCUT2D eigenvalue weighted by Crippen LogP contribution is -2.54. The number of nitrogens with one attached hydrogen (secondary N) is 1. The first-order valence-corrected chi connectivity index (χ1v) is 7.56. The van der Waals surface area contributed by atoms with Gasteiger partial charge in [-0.15, -0.1) is 0 Å². The molecule has 1 unspecified atom stereocenters. The van der Waals surface area contributed by atoms with Crippen LogP contribution in [0.25, 0.3) is 0 Å². The fourth-order valence-corrected chi connectivity index (χ4v) is 3.99. The number of benzene rings is 1. The summed E-state index contributed by atoms with van der Waals surface area (Å²) in [6, 6.07) is 10.1. The second-order valence-corrected chi connectivity index (χ2v) is 6.82. The van der Waals surface area contributed by atoms with Gasteiger partial charge in [0.15, 0.2) is 0 Å². The van der Waals surface area contributed by atoms with Crippen LogP contribution in [-0.2, 0) is 0 Å². The van der Waals surface area contributed by atoms with Gasteiger partial charge < -0.3 is 5.32 Å². The number of thioether (sulfide) groups is 1. The maximum absolute atomic E-state index is 9.66. The molecule has 0 radical (unpaired) electrons. The van der Waals surface area contributed by atoms with Crippen LogP contribution in [0.15, 0.2) is 24.3 Å². The highest BCUT2D eigenvalue weighted by Crippen LogP contribution is 2.44. The molecule has 1 aromatic rings. The zero-order valence-corrected chi connectivity index (χ0v) is 12.2. The Morgan fingerprint density at radius 2 is 2.11 bits per heavy atom. The SMILES string of the molecule is CC1(C)CCSCC1(C#N)Nc1ccccc1Cl. The van der Waals surface area contributed by atoms with Gasteiger partial charge in [-0.25, -0.2) is 0 Å². The summed E-state index contributed by atoms with van der Waals surface area (Å²) in [5, 5.41) is 13.7. The molecule has 0 saturated carbocycles.